The number of piperidine rings is 1. The van der Waals surface area contributed by atoms with Gasteiger partial charge in [-0.3, -0.25) is 14.5 Å². The first-order chi connectivity index (χ1) is 10.3. The van der Waals surface area contributed by atoms with Crippen LogP contribution in [0.5, 0.6) is 0 Å². The maximum Gasteiger partial charge on any atom is 0.416 e. The van der Waals surface area contributed by atoms with E-state index >= 15 is 0 Å². The summed E-state index contributed by atoms with van der Waals surface area (Å²) in [4.78, 5) is 25.0. The molecule has 0 aromatic heterocycles. The summed E-state index contributed by atoms with van der Waals surface area (Å²) in [6, 6.07) is 4.30. The first kappa shape index (κ1) is 16.5. The summed E-state index contributed by atoms with van der Waals surface area (Å²) >= 11 is 0. The van der Waals surface area contributed by atoms with E-state index < -0.39 is 17.6 Å². The van der Waals surface area contributed by atoms with Crippen LogP contribution in [0.15, 0.2) is 24.3 Å². The third-order valence-corrected chi connectivity index (χ3v) is 3.83. The molecule has 0 atom stereocenters. The van der Waals surface area contributed by atoms with E-state index in [1.54, 1.807) is 0 Å². The van der Waals surface area contributed by atoms with Crippen LogP contribution in [0.1, 0.15) is 28.8 Å². The van der Waals surface area contributed by atoms with Gasteiger partial charge in [0, 0.05) is 11.5 Å². The Morgan fingerprint density at radius 3 is 2.14 bits per heavy atom. The highest BCUT2D eigenvalue weighted by Gasteiger charge is 2.31. The van der Waals surface area contributed by atoms with E-state index in [1.165, 1.54) is 12.1 Å². The molecule has 1 heterocycles. The molecule has 4 nitrogen and oxygen atoms in total. The third kappa shape index (κ3) is 4.07. The Kier molecular flexibility index (Phi) is 4.85. The van der Waals surface area contributed by atoms with Crippen molar-refractivity contribution in [2.24, 2.45) is 11.7 Å². The van der Waals surface area contributed by atoms with Gasteiger partial charge in [-0.05, 0) is 38.1 Å². The molecule has 1 aromatic carbocycles. The molecule has 0 unspecified atom stereocenters. The number of primary amides is 1. The van der Waals surface area contributed by atoms with Gasteiger partial charge in [-0.1, -0.05) is 12.1 Å². The lowest BCUT2D eigenvalue weighted by Crippen LogP contribution is -2.41. The molecule has 7 heteroatoms. The van der Waals surface area contributed by atoms with E-state index in [-0.39, 0.29) is 18.2 Å². The summed E-state index contributed by atoms with van der Waals surface area (Å²) < 4.78 is 37.5. The van der Waals surface area contributed by atoms with E-state index in [9.17, 15) is 22.8 Å². The Hall–Kier alpha value is -1.89. The smallest absolute Gasteiger partial charge is 0.369 e. The van der Waals surface area contributed by atoms with Crippen LogP contribution in [0.3, 0.4) is 0 Å². The Labute approximate surface area is 126 Å². The van der Waals surface area contributed by atoms with Crippen LogP contribution >= 0.6 is 0 Å². The molecule has 2 rings (SSSR count). The third-order valence-electron chi connectivity index (χ3n) is 3.83. The second-order valence-electron chi connectivity index (χ2n) is 5.46. The normalized spacial score (nSPS) is 17.4. The van der Waals surface area contributed by atoms with Crippen molar-refractivity contribution in [2.45, 2.75) is 19.0 Å². The molecule has 1 fully saturated rings. The molecule has 22 heavy (non-hydrogen) atoms. The van der Waals surface area contributed by atoms with E-state index in [1.807, 2.05) is 4.90 Å². The molecule has 0 aliphatic carbocycles. The van der Waals surface area contributed by atoms with Crippen molar-refractivity contribution in [1.29, 1.82) is 0 Å². The number of amides is 1. The first-order valence-electron chi connectivity index (χ1n) is 6.99. The number of alkyl halides is 3. The van der Waals surface area contributed by atoms with Crippen LogP contribution < -0.4 is 5.73 Å². The fourth-order valence-electron chi connectivity index (χ4n) is 2.63. The number of carbonyl (C=O) groups is 2. The quantitative estimate of drug-likeness (QED) is 0.866. The van der Waals surface area contributed by atoms with Crippen molar-refractivity contribution in [3.63, 3.8) is 0 Å². The highest BCUT2D eigenvalue weighted by molar-refractivity contribution is 5.98. The van der Waals surface area contributed by atoms with Gasteiger partial charge in [0.1, 0.15) is 0 Å². The largest absolute Gasteiger partial charge is 0.416 e. The fourth-order valence-corrected chi connectivity index (χ4v) is 2.63. The molecule has 0 saturated carbocycles. The van der Waals surface area contributed by atoms with Gasteiger partial charge in [0.25, 0.3) is 0 Å². The minimum atomic E-state index is -4.40. The highest BCUT2D eigenvalue weighted by atomic mass is 19.4. The van der Waals surface area contributed by atoms with Crippen LogP contribution in [0.2, 0.25) is 0 Å². The average Bonchev–Trinajstić information content (AvgIpc) is 2.46. The maximum atomic E-state index is 12.5. The number of likely N-dealkylation sites (tertiary alicyclic amines) is 1. The summed E-state index contributed by atoms with van der Waals surface area (Å²) in [5.41, 5.74) is 4.65. The minimum Gasteiger partial charge on any atom is -0.369 e. The monoisotopic (exact) mass is 314 g/mol. The number of benzene rings is 1. The molecule has 120 valence electrons. The van der Waals surface area contributed by atoms with Crippen LogP contribution in [0.25, 0.3) is 0 Å². The predicted octanol–water partition coefficient (Wildman–Crippen LogP) is 2.09. The predicted molar refractivity (Wildman–Crippen MR) is 74.1 cm³/mol. The fraction of sp³-hybridized carbons (Fsp3) is 0.467. The lowest BCUT2D eigenvalue weighted by atomic mass is 9.88. The Morgan fingerprint density at radius 2 is 1.68 bits per heavy atom. The van der Waals surface area contributed by atoms with E-state index in [0.29, 0.717) is 31.5 Å². The minimum absolute atomic E-state index is 0.146. The van der Waals surface area contributed by atoms with Crippen molar-refractivity contribution in [3.05, 3.63) is 35.4 Å². The van der Waals surface area contributed by atoms with Gasteiger partial charge in [0.05, 0.1) is 12.1 Å². The summed E-state index contributed by atoms with van der Waals surface area (Å²) in [5.74, 6) is -0.777. The van der Waals surface area contributed by atoms with Crippen LogP contribution in [0, 0.1) is 5.92 Å². The topological polar surface area (TPSA) is 63.4 Å². The van der Waals surface area contributed by atoms with Crippen LogP contribution in [0.4, 0.5) is 13.2 Å². The molecular formula is C15H17F3N2O2. The van der Waals surface area contributed by atoms with E-state index in [2.05, 4.69) is 0 Å². The molecular weight excluding hydrogens is 297 g/mol. The average molecular weight is 314 g/mol. The molecule has 1 amide bonds. The van der Waals surface area contributed by atoms with Gasteiger partial charge in [-0.15, -0.1) is 0 Å². The Balaban J connectivity index is 1.97. The molecule has 1 aromatic rings. The van der Waals surface area contributed by atoms with Crippen LogP contribution in [-0.4, -0.2) is 36.2 Å². The zero-order valence-corrected chi connectivity index (χ0v) is 11.9. The van der Waals surface area contributed by atoms with Crippen molar-refractivity contribution >= 4 is 11.7 Å². The molecule has 1 aliphatic heterocycles. The van der Waals surface area contributed by atoms with Gasteiger partial charge < -0.3 is 5.73 Å². The van der Waals surface area contributed by atoms with E-state index in [0.717, 1.165) is 12.1 Å². The number of nitrogens with zero attached hydrogens (tertiary/aromatic N) is 1. The van der Waals surface area contributed by atoms with Crippen molar-refractivity contribution in [2.75, 3.05) is 19.6 Å². The van der Waals surface area contributed by atoms with Gasteiger partial charge in [-0.25, -0.2) is 0 Å². The first-order valence-corrected chi connectivity index (χ1v) is 6.99. The van der Waals surface area contributed by atoms with Crippen molar-refractivity contribution in [3.8, 4) is 0 Å². The SMILES string of the molecule is NC(=O)CN1CCC(C(=O)c2ccc(C(F)(F)F)cc2)CC1. The van der Waals surface area contributed by atoms with Crippen molar-refractivity contribution in [1.82, 2.24) is 4.90 Å². The number of hydrogen-bond acceptors (Lipinski definition) is 3. The molecule has 0 radical (unpaired) electrons. The number of Topliss-reactive ketones (excluding diaryl/α,β-unsaturated/α-hetero) is 1. The lowest BCUT2D eigenvalue weighted by molar-refractivity contribution is -0.137. The number of nitrogens with two attached hydrogens (primary N) is 1. The number of ketones is 1. The summed E-state index contributed by atoms with van der Waals surface area (Å²) in [6.45, 7) is 1.33. The molecule has 2 N–H and O–H groups in total. The van der Waals surface area contributed by atoms with Gasteiger partial charge in [0.2, 0.25) is 5.91 Å². The number of hydrogen-bond donors (Lipinski definition) is 1. The second kappa shape index (κ2) is 6.48. The molecule has 1 aliphatic rings. The lowest BCUT2D eigenvalue weighted by Gasteiger charge is -2.30. The number of halogens is 3. The van der Waals surface area contributed by atoms with Gasteiger partial charge in [0.15, 0.2) is 5.78 Å². The zero-order chi connectivity index (χ0) is 16.3. The number of carbonyl (C=O) groups excluding carboxylic acids is 2. The molecule has 0 bridgehead atoms. The standard InChI is InChI=1S/C15H17F3N2O2/c16-15(17,18)12-3-1-10(2-4-12)14(22)11-5-7-20(8-6-11)9-13(19)21/h1-4,11H,5-9H2,(H2,19,21). The second-order valence-corrected chi connectivity index (χ2v) is 5.46. The van der Waals surface area contributed by atoms with Gasteiger partial charge in [-0.2, -0.15) is 13.2 Å². The molecule has 1 saturated heterocycles. The Bertz CT molecular complexity index is 547. The summed E-state index contributed by atoms with van der Waals surface area (Å²) in [6.07, 6.45) is -3.25. The van der Waals surface area contributed by atoms with Crippen molar-refractivity contribution < 1.29 is 22.8 Å². The highest BCUT2D eigenvalue weighted by Crippen LogP contribution is 2.30. The maximum absolute atomic E-state index is 12.5. The Morgan fingerprint density at radius 1 is 1.14 bits per heavy atom. The zero-order valence-electron chi connectivity index (χ0n) is 11.9. The number of rotatable bonds is 4. The molecule has 0 spiro atoms. The van der Waals surface area contributed by atoms with E-state index in [4.69, 9.17) is 5.73 Å². The van der Waals surface area contributed by atoms with Crippen LogP contribution in [-0.2, 0) is 11.0 Å². The summed E-state index contributed by atoms with van der Waals surface area (Å²) in [7, 11) is 0. The summed E-state index contributed by atoms with van der Waals surface area (Å²) in [5, 5.41) is 0. The van der Waals surface area contributed by atoms with Gasteiger partial charge >= 0.3 is 6.18 Å².